The van der Waals surface area contributed by atoms with E-state index in [9.17, 15) is 5.11 Å². The number of hydrogen-bond donors (Lipinski definition) is 1. The first kappa shape index (κ1) is 15.2. The molecule has 0 saturated carbocycles. The minimum atomic E-state index is -0.743. The van der Waals surface area contributed by atoms with Crippen molar-refractivity contribution in [3.05, 3.63) is 53.6 Å². The van der Waals surface area contributed by atoms with Crippen LogP contribution in [0.15, 0.2) is 42.5 Å². The number of benzene rings is 2. The first-order valence-electron chi connectivity index (χ1n) is 6.74. The van der Waals surface area contributed by atoms with Crippen molar-refractivity contribution in [3.63, 3.8) is 0 Å². The van der Waals surface area contributed by atoms with Crippen LogP contribution >= 0.6 is 0 Å². The lowest BCUT2D eigenvalue weighted by molar-refractivity contribution is 0.219. The molecular formula is C17H21NO3. The van der Waals surface area contributed by atoms with Crippen molar-refractivity contribution in [1.82, 2.24) is 0 Å². The van der Waals surface area contributed by atoms with Gasteiger partial charge >= 0.3 is 0 Å². The molecule has 4 heteroatoms. The third kappa shape index (κ3) is 3.28. The van der Waals surface area contributed by atoms with Gasteiger partial charge in [0.05, 0.1) is 14.2 Å². The Bertz CT molecular complexity index is 588. The van der Waals surface area contributed by atoms with Crippen LogP contribution in [0.25, 0.3) is 0 Å². The summed E-state index contributed by atoms with van der Waals surface area (Å²) in [7, 11) is 7.10. The van der Waals surface area contributed by atoms with Crippen LogP contribution in [0.4, 0.5) is 5.69 Å². The maximum atomic E-state index is 10.7. The van der Waals surface area contributed by atoms with Gasteiger partial charge in [-0.05, 0) is 23.8 Å². The predicted octanol–water partition coefficient (Wildman–Crippen LogP) is 2.85. The monoisotopic (exact) mass is 287 g/mol. The van der Waals surface area contributed by atoms with E-state index in [2.05, 4.69) is 0 Å². The van der Waals surface area contributed by atoms with Gasteiger partial charge < -0.3 is 19.5 Å². The molecule has 0 heterocycles. The highest BCUT2D eigenvalue weighted by Gasteiger charge is 2.17. The van der Waals surface area contributed by atoms with E-state index in [1.807, 2.05) is 55.4 Å². The molecule has 0 aliphatic carbocycles. The number of nitrogens with zero attached hydrogens (tertiary/aromatic N) is 1. The largest absolute Gasteiger partial charge is 0.497 e. The highest BCUT2D eigenvalue weighted by molar-refractivity contribution is 5.56. The maximum Gasteiger partial charge on any atom is 0.122 e. The number of aliphatic hydroxyl groups excluding tert-OH is 1. The van der Waals surface area contributed by atoms with E-state index in [4.69, 9.17) is 9.47 Å². The molecule has 0 radical (unpaired) electrons. The van der Waals surface area contributed by atoms with Gasteiger partial charge in [-0.25, -0.2) is 0 Å². The molecular weight excluding hydrogens is 266 g/mol. The summed E-state index contributed by atoms with van der Waals surface area (Å²) in [5.41, 5.74) is 2.56. The van der Waals surface area contributed by atoms with Crippen LogP contribution in [0.1, 0.15) is 17.2 Å². The van der Waals surface area contributed by atoms with Gasteiger partial charge in [0.2, 0.25) is 0 Å². The number of para-hydroxylation sites is 1. The fourth-order valence-corrected chi connectivity index (χ4v) is 2.29. The third-order valence-electron chi connectivity index (χ3n) is 3.40. The Morgan fingerprint density at radius 3 is 2.05 bits per heavy atom. The van der Waals surface area contributed by atoms with Gasteiger partial charge in [-0.15, -0.1) is 0 Å². The zero-order valence-electron chi connectivity index (χ0n) is 12.8. The molecule has 0 bridgehead atoms. The fraction of sp³-hybridized carbons (Fsp3) is 0.294. The Kier molecular flexibility index (Phi) is 4.70. The van der Waals surface area contributed by atoms with Gasteiger partial charge in [-0.3, -0.25) is 0 Å². The van der Waals surface area contributed by atoms with Crippen molar-refractivity contribution < 1.29 is 14.6 Å². The molecule has 0 aromatic heterocycles. The number of anilines is 1. The van der Waals surface area contributed by atoms with Crippen molar-refractivity contribution in [1.29, 1.82) is 0 Å². The number of aliphatic hydroxyl groups is 1. The Hall–Kier alpha value is -2.20. The van der Waals surface area contributed by atoms with E-state index < -0.39 is 6.10 Å². The quantitative estimate of drug-likeness (QED) is 0.918. The summed E-state index contributed by atoms with van der Waals surface area (Å²) >= 11 is 0. The van der Waals surface area contributed by atoms with Crippen LogP contribution in [-0.4, -0.2) is 33.4 Å². The lowest BCUT2D eigenvalue weighted by atomic mass is 9.99. The van der Waals surface area contributed by atoms with Gasteiger partial charge in [0.1, 0.15) is 17.6 Å². The lowest BCUT2D eigenvalue weighted by Gasteiger charge is -2.21. The molecule has 112 valence electrons. The average molecular weight is 287 g/mol. The van der Waals surface area contributed by atoms with Crippen LogP contribution < -0.4 is 14.4 Å². The van der Waals surface area contributed by atoms with Gasteiger partial charge in [0.15, 0.2) is 0 Å². The summed E-state index contributed by atoms with van der Waals surface area (Å²) in [5.74, 6) is 1.32. The average Bonchev–Trinajstić information content (AvgIpc) is 2.53. The molecule has 1 N–H and O–H groups in total. The zero-order valence-corrected chi connectivity index (χ0v) is 12.8. The number of hydrogen-bond acceptors (Lipinski definition) is 4. The molecule has 0 spiro atoms. The van der Waals surface area contributed by atoms with Gasteiger partial charge in [-0.2, -0.15) is 0 Å². The van der Waals surface area contributed by atoms with Crippen LogP contribution in [0.3, 0.4) is 0 Å². The van der Waals surface area contributed by atoms with Crippen molar-refractivity contribution in [2.24, 2.45) is 0 Å². The smallest absolute Gasteiger partial charge is 0.122 e. The number of rotatable bonds is 5. The molecule has 0 aliphatic rings. The standard InChI is InChI=1S/C17H21NO3/c1-18(2)16-8-6-5-7-15(16)17(19)12-9-13(20-3)11-14(10-12)21-4/h5-11,17,19H,1-4H3. The normalized spacial score (nSPS) is 11.9. The molecule has 0 saturated heterocycles. The first-order valence-corrected chi connectivity index (χ1v) is 6.74. The third-order valence-corrected chi connectivity index (χ3v) is 3.40. The van der Waals surface area contributed by atoms with E-state index in [1.54, 1.807) is 20.3 Å². The van der Waals surface area contributed by atoms with Crippen LogP contribution in [-0.2, 0) is 0 Å². The van der Waals surface area contributed by atoms with Crippen LogP contribution in [0.2, 0.25) is 0 Å². The van der Waals surface area contributed by atoms with Crippen LogP contribution in [0.5, 0.6) is 11.5 Å². The van der Waals surface area contributed by atoms with Crippen molar-refractivity contribution in [2.75, 3.05) is 33.2 Å². The van der Waals surface area contributed by atoms with E-state index in [1.165, 1.54) is 0 Å². The first-order chi connectivity index (χ1) is 10.1. The molecule has 1 atom stereocenters. The summed E-state index contributed by atoms with van der Waals surface area (Å²) in [5, 5.41) is 10.7. The highest BCUT2D eigenvalue weighted by Crippen LogP contribution is 2.33. The van der Waals surface area contributed by atoms with Crippen LogP contribution in [0, 0.1) is 0 Å². The van der Waals surface area contributed by atoms with E-state index in [-0.39, 0.29) is 0 Å². The minimum Gasteiger partial charge on any atom is -0.497 e. The summed E-state index contributed by atoms with van der Waals surface area (Å²) in [6, 6.07) is 13.2. The Morgan fingerprint density at radius 1 is 0.952 bits per heavy atom. The molecule has 21 heavy (non-hydrogen) atoms. The zero-order chi connectivity index (χ0) is 15.4. The molecule has 0 aliphatic heterocycles. The van der Waals surface area contributed by atoms with Gasteiger partial charge in [-0.1, -0.05) is 18.2 Å². The SMILES string of the molecule is COc1cc(OC)cc(C(O)c2ccccc2N(C)C)c1. The highest BCUT2D eigenvalue weighted by atomic mass is 16.5. The maximum absolute atomic E-state index is 10.7. The summed E-state index contributed by atoms with van der Waals surface area (Å²) in [6.07, 6.45) is -0.743. The van der Waals surface area contributed by atoms with E-state index in [0.29, 0.717) is 11.5 Å². The molecule has 0 fully saturated rings. The molecule has 4 nitrogen and oxygen atoms in total. The summed E-state index contributed by atoms with van der Waals surface area (Å²) in [4.78, 5) is 1.98. The van der Waals surface area contributed by atoms with E-state index >= 15 is 0 Å². The predicted molar refractivity (Wildman–Crippen MR) is 84.4 cm³/mol. The fourth-order valence-electron chi connectivity index (χ4n) is 2.29. The molecule has 2 aromatic rings. The molecule has 1 unspecified atom stereocenters. The van der Waals surface area contributed by atoms with Crippen molar-refractivity contribution in [3.8, 4) is 11.5 Å². The van der Waals surface area contributed by atoms with Gasteiger partial charge in [0, 0.05) is 31.4 Å². The van der Waals surface area contributed by atoms with Gasteiger partial charge in [0.25, 0.3) is 0 Å². The minimum absolute atomic E-state index is 0.658. The number of methoxy groups -OCH3 is 2. The summed E-state index contributed by atoms with van der Waals surface area (Å²) in [6.45, 7) is 0. The lowest BCUT2D eigenvalue weighted by Crippen LogP contribution is -2.13. The Morgan fingerprint density at radius 2 is 1.52 bits per heavy atom. The van der Waals surface area contributed by atoms with Crippen molar-refractivity contribution in [2.45, 2.75) is 6.10 Å². The second kappa shape index (κ2) is 6.50. The number of ether oxygens (including phenoxy) is 2. The van der Waals surface area contributed by atoms with Crippen molar-refractivity contribution >= 4 is 5.69 Å². The molecule has 2 rings (SSSR count). The topological polar surface area (TPSA) is 41.9 Å². The Labute approximate surface area is 125 Å². The summed E-state index contributed by atoms with van der Waals surface area (Å²) < 4.78 is 10.5. The van der Waals surface area contributed by atoms with E-state index in [0.717, 1.165) is 16.8 Å². The second-order valence-electron chi connectivity index (χ2n) is 5.00. The molecule has 2 aromatic carbocycles. The second-order valence-corrected chi connectivity index (χ2v) is 5.00. The Balaban J connectivity index is 2.47. The molecule has 0 amide bonds.